The van der Waals surface area contributed by atoms with Gasteiger partial charge in [-0.05, 0) is 6.07 Å². The van der Waals surface area contributed by atoms with E-state index in [9.17, 15) is 4.39 Å². The molecule has 2 nitrogen and oxygen atoms in total. The highest BCUT2D eigenvalue weighted by atomic mass is 32.2. The number of hydrogen-bond donors (Lipinski definition) is 2. The van der Waals surface area contributed by atoms with Gasteiger partial charge in [0.05, 0.1) is 6.61 Å². The van der Waals surface area contributed by atoms with Crippen LogP contribution < -0.4 is 5.73 Å². The molecule has 1 aromatic rings. The molecule has 0 aliphatic rings. The first-order valence-corrected chi connectivity index (χ1v) is 5.51. The normalized spacial score (nSPS) is 12.8. The summed E-state index contributed by atoms with van der Waals surface area (Å²) in [5, 5.41) is 8.61. The van der Waals surface area contributed by atoms with Gasteiger partial charge >= 0.3 is 0 Å². The van der Waals surface area contributed by atoms with Crippen LogP contribution in [0.3, 0.4) is 0 Å². The largest absolute Gasteiger partial charge is 0.396 e. The molecule has 0 spiro atoms. The van der Waals surface area contributed by atoms with Crippen LogP contribution in [0.1, 0.15) is 10.8 Å². The van der Waals surface area contributed by atoms with Crippen molar-refractivity contribution in [1.29, 1.82) is 0 Å². The molecule has 1 unspecified atom stereocenters. The predicted octanol–water partition coefficient (Wildman–Crippen LogP) is 1.55. The van der Waals surface area contributed by atoms with Crippen LogP contribution >= 0.6 is 11.8 Å². The molecule has 0 aliphatic heterocycles. The Kier molecular flexibility index (Phi) is 4.93. The number of thioether (sulfide) groups is 1. The van der Waals surface area contributed by atoms with Crippen LogP contribution in [0.5, 0.6) is 0 Å². The molecule has 78 valence electrons. The van der Waals surface area contributed by atoms with E-state index in [-0.39, 0.29) is 17.7 Å². The molecule has 0 radical (unpaired) electrons. The fourth-order valence-corrected chi connectivity index (χ4v) is 2.11. The van der Waals surface area contributed by atoms with E-state index in [2.05, 4.69) is 0 Å². The van der Waals surface area contributed by atoms with Crippen LogP contribution in [0.2, 0.25) is 0 Å². The van der Waals surface area contributed by atoms with Gasteiger partial charge in [0, 0.05) is 23.1 Å². The molecular formula is C10H14FNOS. The molecule has 4 heteroatoms. The van der Waals surface area contributed by atoms with E-state index in [0.717, 1.165) is 0 Å². The van der Waals surface area contributed by atoms with Gasteiger partial charge in [0.25, 0.3) is 0 Å². The van der Waals surface area contributed by atoms with Gasteiger partial charge in [-0.3, -0.25) is 0 Å². The van der Waals surface area contributed by atoms with Crippen molar-refractivity contribution in [2.75, 3.05) is 18.9 Å². The number of benzene rings is 1. The summed E-state index contributed by atoms with van der Waals surface area (Å²) in [6.07, 6.45) is 0. The highest BCUT2D eigenvalue weighted by molar-refractivity contribution is 7.99. The lowest BCUT2D eigenvalue weighted by Crippen LogP contribution is -2.12. The summed E-state index contributed by atoms with van der Waals surface area (Å²) in [6.45, 7) is 0.473. The summed E-state index contributed by atoms with van der Waals surface area (Å²) in [5.41, 5.74) is 6.16. The van der Waals surface area contributed by atoms with E-state index in [1.54, 1.807) is 18.2 Å². The Hall–Kier alpha value is -0.580. The molecule has 1 aromatic carbocycles. The van der Waals surface area contributed by atoms with Crippen molar-refractivity contribution in [3.05, 3.63) is 35.6 Å². The molecule has 0 saturated heterocycles. The lowest BCUT2D eigenvalue weighted by atomic mass is 10.1. The fourth-order valence-electron chi connectivity index (χ4n) is 1.22. The Morgan fingerprint density at radius 1 is 1.43 bits per heavy atom. The van der Waals surface area contributed by atoms with E-state index in [4.69, 9.17) is 10.8 Å². The van der Waals surface area contributed by atoms with Crippen LogP contribution in [-0.4, -0.2) is 24.0 Å². The lowest BCUT2D eigenvalue weighted by Gasteiger charge is -2.14. The van der Waals surface area contributed by atoms with Crippen LogP contribution in [0.4, 0.5) is 4.39 Å². The maximum Gasteiger partial charge on any atom is 0.127 e. The molecule has 0 aliphatic carbocycles. The SMILES string of the molecule is NCC(SCCO)c1ccccc1F. The zero-order chi connectivity index (χ0) is 10.4. The van der Waals surface area contributed by atoms with Crippen molar-refractivity contribution in [2.45, 2.75) is 5.25 Å². The zero-order valence-electron chi connectivity index (χ0n) is 7.82. The van der Waals surface area contributed by atoms with Gasteiger partial charge in [-0.25, -0.2) is 4.39 Å². The summed E-state index contributed by atoms with van der Waals surface area (Å²) >= 11 is 1.47. The fraction of sp³-hybridized carbons (Fsp3) is 0.400. The predicted molar refractivity (Wildman–Crippen MR) is 57.7 cm³/mol. The molecule has 0 aromatic heterocycles. The van der Waals surface area contributed by atoms with Gasteiger partial charge in [-0.2, -0.15) is 0 Å². The first-order chi connectivity index (χ1) is 6.79. The monoisotopic (exact) mass is 215 g/mol. The van der Waals surface area contributed by atoms with Gasteiger partial charge < -0.3 is 10.8 Å². The highest BCUT2D eigenvalue weighted by Crippen LogP contribution is 2.28. The molecule has 0 heterocycles. The van der Waals surface area contributed by atoms with Crippen LogP contribution in [0.25, 0.3) is 0 Å². The van der Waals surface area contributed by atoms with Crippen LogP contribution in [0.15, 0.2) is 24.3 Å². The third-order valence-electron chi connectivity index (χ3n) is 1.88. The summed E-state index contributed by atoms with van der Waals surface area (Å²) in [7, 11) is 0. The van der Waals surface area contributed by atoms with Gasteiger partial charge in [0.2, 0.25) is 0 Å². The first kappa shape index (κ1) is 11.5. The molecule has 1 atom stereocenters. The van der Waals surface area contributed by atoms with Crippen LogP contribution in [0, 0.1) is 5.82 Å². The Morgan fingerprint density at radius 3 is 2.71 bits per heavy atom. The molecule has 0 fully saturated rings. The highest BCUT2D eigenvalue weighted by Gasteiger charge is 2.13. The van der Waals surface area contributed by atoms with E-state index in [1.165, 1.54) is 17.8 Å². The van der Waals surface area contributed by atoms with Crippen molar-refractivity contribution in [1.82, 2.24) is 0 Å². The number of halogens is 1. The van der Waals surface area contributed by atoms with Crippen molar-refractivity contribution >= 4 is 11.8 Å². The second-order valence-corrected chi connectivity index (χ2v) is 4.15. The quantitative estimate of drug-likeness (QED) is 0.783. The standard InChI is InChI=1S/C10H14FNOS/c11-9-4-2-1-3-8(9)10(7-12)14-6-5-13/h1-4,10,13H,5-7,12H2. The number of rotatable bonds is 5. The third-order valence-corrected chi connectivity index (χ3v) is 3.14. The van der Waals surface area contributed by atoms with Crippen LogP contribution in [-0.2, 0) is 0 Å². The molecular weight excluding hydrogens is 201 g/mol. The molecule has 0 bridgehead atoms. The molecule has 1 rings (SSSR count). The summed E-state index contributed by atoms with van der Waals surface area (Å²) in [4.78, 5) is 0. The van der Waals surface area contributed by atoms with E-state index >= 15 is 0 Å². The molecule has 3 N–H and O–H groups in total. The Balaban J connectivity index is 2.73. The molecule has 14 heavy (non-hydrogen) atoms. The minimum atomic E-state index is -0.228. The van der Waals surface area contributed by atoms with Crippen molar-refractivity contribution in [3.8, 4) is 0 Å². The Labute approximate surface area is 87.3 Å². The van der Waals surface area contributed by atoms with Gasteiger partial charge in [-0.1, -0.05) is 18.2 Å². The number of aliphatic hydroxyl groups is 1. The van der Waals surface area contributed by atoms with Crippen molar-refractivity contribution in [2.24, 2.45) is 5.73 Å². The second-order valence-electron chi connectivity index (χ2n) is 2.84. The van der Waals surface area contributed by atoms with Gasteiger partial charge in [-0.15, -0.1) is 11.8 Å². The van der Waals surface area contributed by atoms with E-state index in [0.29, 0.717) is 17.9 Å². The molecule has 0 amide bonds. The lowest BCUT2D eigenvalue weighted by molar-refractivity contribution is 0.322. The smallest absolute Gasteiger partial charge is 0.127 e. The maximum atomic E-state index is 13.3. The summed E-state index contributed by atoms with van der Waals surface area (Å²) in [6, 6.07) is 6.61. The van der Waals surface area contributed by atoms with Gasteiger partial charge in [0.15, 0.2) is 0 Å². The topological polar surface area (TPSA) is 46.2 Å². The van der Waals surface area contributed by atoms with Crippen molar-refractivity contribution < 1.29 is 9.50 Å². The zero-order valence-corrected chi connectivity index (χ0v) is 8.64. The maximum absolute atomic E-state index is 13.3. The van der Waals surface area contributed by atoms with E-state index in [1.807, 2.05) is 0 Å². The second kappa shape index (κ2) is 6.01. The average molecular weight is 215 g/mol. The minimum Gasteiger partial charge on any atom is -0.396 e. The number of aliphatic hydroxyl groups excluding tert-OH is 1. The first-order valence-electron chi connectivity index (χ1n) is 4.46. The van der Waals surface area contributed by atoms with Crippen molar-refractivity contribution in [3.63, 3.8) is 0 Å². The summed E-state index contributed by atoms with van der Waals surface area (Å²) in [5.74, 6) is 0.351. The number of hydrogen-bond acceptors (Lipinski definition) is 3. The van der Waals surface area contributed by atoms with E-state index < -0.39 is 0 Å². The molecule has 0 saturated carbocycles. The Bertz CT molecular complexity index is 283. The minimum absolute atomic E-state index is 0.0663. The number of nitrogens with two attached hydrogens (primary N) is 1. The average Bonchev–Trinajstić information content (AvgIpc) is 2.21. The van der Waals surface area contributed by atoms with Gasteiger partial charge in [0.1, 0.15) is 5.82 Å². The third kappa shape index (κ3) is 2.97. The Morgan fingerprint density at radius 2 is 2.14 bits per heavy atom. The summed E-state index contributed by atoms with van der Waals surface area (Å²) < 4.78 is 13.3.